The van der Waals surface area contributed by atoms with E-state index in [1.54, 1.807) is 0 Å². The van der Waals surface area contributed by atoms with Crippen LogP contribution < -0.4 is 5.73 Å². The van der Waals surface area contributed by atoms with Crippen molar-refractivity contribution >= 4 is 27.8 Å². The number of rotatable bonds is 4. The molecule has 1 fully saturated rings. The summed E-state index contributed by atoms with van der Waals surface area (Å²) in [7, 11) is 2.05. The summed E-state index contributed by atoms with van der Waals surface area (Å²) in [6, 6.07) is 25.3. The van der Waals surface area contributed by atoms with E-state index in [0.29, 0.717) is 12.1 Å². The van der Waals surface area contributed by atoms with Crippen molar-refractivity contribution < 1.29 is 4.79 Å². The van der Waals surface area contributed by atoms with Gasteiger partial charge in [-0.05, 0) is 55.7 Å². The van der Waals surface area contributed by atoms with E-state index in [-0.39, 0.29) is 11.9 Å². The molecule has 1 saturated heterocycles. The van der Waals surface area contributed by atoms with Crippen molar-refractivity contribution in [2.45, 2.75) is 32.4 Å². The zero-order chi connectivity index (χ0) is 24.8. The quantitative estimate of drug-likeness (QED) is 0.391. The Morgan fingerprint density at radius 1 is 1.03 bits per heavy atom. The Kier molecular flexibility index (Phi) is 5.61. The summed E-state index contributed by atoms with van der Waals surface area (Å²) in [6.45, 7) is 4.24. The molecule has 182 valence electrons. The van der Waals surface area contributed by atoms with Gasteiger partial charge in [0.25, 0.3) is 5.91 Å². The number of hydrogen-bond donors (Lipinski definition) is 1. The van der Waals surface area contributed by atoms with Crippen LogP contribution in [-0.4, -0.2) is 44.1 Å². The predicted molar refractivity (Wildman–Crippen MR) is 145 cm³/mol. The maximum absolute atomic E-state index is 13.2. The number of benzene rings is 3. The maximum atomic E-state index is 13.2. The number of aryl methyl sites for hydroxylation is 2. The van der Waals surface area contributed by atoms with Gasteiger partial charge in [-0.3, -0.25) is 4.79 Å². The predicted octanol–water partition coefficient (Wildman–Crippen LogP) is 5.12. The van der Waals surface area contributed by atoms with Gasteiger partial charge in [0.2, 0.25) is 0 Å². The summed E-state index contributed by atoms with van der Waals surface area (Å²) in [5.41, 5.74) is 13.4. The Hall–Kier alpha value is -3.90. The van der Waals surface area contributed by atoms with Gasteiger partial charge in [0, 0.05) is 49.2 Å². The first-order valence-electron chi connectivity index (χ1n) is 12.6. The van der Waals surface area contributed by atoms with Crippen LogP contribution in [0.4, 0.5) is 0 Å². The largest absolute Gasteiger partial charge is 0.337 e. The summed E-state index contributed by atoms with van der Waals surface area (Å²) in [4.78, 5) is 20.1. The molecule has 6 nitrogen and oxygen atoms in total. The van der Waals surface area contributed by atoms with E-state index in [9.17, 15) is 4.79 Å². The molecule has 3 aromatic carbocycles. The fraction of sp³-hybridized carbons (Fsp3) is 0.267. The number of nitrogens with two attached hydrogens (primary N) is 1. The van der Waals surface area contributed by atoms with Gasteiger partial charge in [0.1, 0.15) is 0 Å². The fourth-order valence-electron chi connectivity index (χ4n) is 5.38. The van der Waals surface area contributed by atoms with Gasteiger partial charge in [-0.2, -0.15) is 0 Å². The minimum Gasteiger partial charge on any atom is -0.337 e. The van der Waals surface area contributed by atoms with E-state index < -0.39 is 0 Å². The lowest BCUT2D eigenvalue weighted by Gasteiger charge is -2.30. The summed E-state index contributed by atoms with van der Waals surface area (Å²) in [5, 5.41) is 1.18. The van der Waals surface area contributed by atoms with E-state index in [0.717, 1.165) is 48.5 Å². The molecule has 0 radical (unpaired) electrons. The minimum atomic E-state index is 0.0349. The highest BCUT2D eigenvalue weighted by Gasteiger charge is 2.23. The number of amides is 1. The molecule has 0 unspecified atom stereocenters. The zero-order valence-corrected chi connectivity index (χ0v) is 20.8. The van der Waals surface area contributed by atoms with E-state index >= 15 is 0 Å². The monoisotopic (exact) mass is 477 g/mol. The number of carbonyl (C=O) groups excluding carboxylic acids is 1. The lowest BCUT2D eigenvalue weighted by atomic mass is 10.1. The van der Waals surface area contributed by atoms with Crippen LogP contribution in [0.2, 0.25) is 0 Å². The molecule has 1 atom stereocenters. The number of para-hydroxylation sites is 1. The first kappa shape index (κ1) is 22.6. The topological polar surface area (TPSA) is 69.1 Å². The maximum Gasteiger partial charge on any atom is 0.253 e. The molecule has 3 heterocycles. The first-order valence-corrected chi connectivity index (χ1v) is 12.6. The third-order valence-corrected chi connectivity index (χ3v) is 7.37. The average Bonchev–Trinajstić information content (AvgIpc) is 3.42. The number of piperidine rings is 1. The van der Waals surface area contributed by atoms with Crippen molar-refractivity contribution in [3.05, 3.63) is 89.5 Å². The van der Waals surface area contributed by atoms with Crippen molar-refractivity contribution in [2.75, 3.05) is 13.1 Å². The van der Waals surface area contributed by atoms with Crippen LogP contribution in [0.1, 0.15) is 34.3 Å². The molecule has 1 aliphatic heterocycles. The van der Waals surface area contributed by atoms with Crippen molar-refractivity contribution in [3.8, 4) is 11.5 Å². The number of fused-ring (bicyclic) bond motifs is 2. The molecule has 1 aliphatic rings. The second-order valence-electron chi connectivity index (χ2n) is 10.0. The number of aromatic nitrogens is 3. The number of carbonyl (C=O) groups is 1. The molecule has 6 rings (SSSR count). The summed E-state index contributed by atoms with van der Waals surface area (Å²) < 4.78 is 4.46. The van der Waals surface area contributed by atoms with Crippen molar-refractivity contribution in [2.24, 2.45) is 12.8 Å². The van der Waals surface area contributed by atoms with Crippen LogP contribution in [0, 0.1) is 6.92 Å². The third-order valence-electron chi connectivity index (χ3n) is 7.37. The van der Waals surface area contributed by atoms with Gasteiger partial charge >= 0.3 is 0 Å². The van der Waals surface area contributed by atoms with Crippen LogP contribution in [0.5, 0.6) is 0 Å². The number of imidazole rings is 1. The molecule has 2 N–H and O–H groups in total. The molecule has 6 heteroatoms. The number of nitrogens with zero attached hydrogens (tertiary/aromatic N) is 4. The average molecular weight is 478 g/mol. The molecule has 0 aliphatic carbocycles. The number of hydrogen-bond acceptors (Lipinski definition) is 3. The van der Waals surface area contributed by atoms with Gasteiger partial charge in [-0.1, -0.05) is 48.0 Å². The van der Waals surface area contributed by atoms with E-state index in [1.165, 1.54) is 22.0 Å². The Morgan fingerprint density at radius 2 is 1.83 bits per heavy atom. The second kappa shape index (κ2) is 8.95. The fourth-order valence-corrected chi connectivity index (χ4v) is 5.38. The van der Waals surface area contributed by atoms with Crippen LogP contribution in [0.25, 0.3) is 33.5 Å². The van der Waals surface area contributed by atoms with E-state index in [4.69, 9.17) is 10.7 Å². The van der Waals surface area contributed by atoms with Crippen LogP contribution in [-0.2, 0) is 13.6 Å². The Morgan fingerprint density at radius 3 is 2.64 bits per heavy atom. The van der Waals surface area contributed by atoms with E-state index in [2.05, 4.69) is 70.7 Å². The normalized spacial score (nSPS) is 16.2. The Balaban J connectivity index is 1.42. The molecule has 36 heavy (non-hydrogen) atoms. The highest BCUT2D eigenvalue weighted by molar-refractivity contribution is 5.98. The molecule has 0 bridgehead atoms. The molecular weight excluding hydrogens is 446 g/mol. The van der Waals surface area contributed by atoms with Crippen molar-refractivity contribution in [3.63, 3.8) is 0 Å². The molecular formula is C30H31N5O. The summed E-state index contributed by atoms with van der Waals surface area (Å²) >= 11 is 0. The standard InChI is InChI=1S/C30H31N5O/c1-20-9-11-21(12-10-20)18-35-26-8-4-3-6-22(26)17-28(35)29-32-25-16-23(13-14-27(25)33(29)2)30(36)34-15-5-7-24(31)19-34/h3-4,6,8-14,16-17,24H,5,7,15,18-19,31H2,1-2H3/t24-/m1/s1. The Bertz CT molecular complexity index is 1580. The molecule has 5 aromatic rings. The molecule has 2 aromatic heterocycles. The van der Waals surface area contributed by atoms with Gasteiger partial charge in [0.05, 0.1) is 16.7 Å². The molecule has 0 spiro atoms. The van der Waals surface area contributed by atoms with Crippen molar-refractivity contribution in [1.29, 1.82) is 0 Å². The summed E-state index contributed by atoms with van der Waals surface area (Å²) in [5.74, 6) is 0.922. The zero-order valence-electron chi connectivity index (χ0n) is 20.8. The van der Waals surface area contributed by atoms with Gasteiger partial charge < -0.3 is 19.8 Å². The molecule has 1 amide bonds. The smallest absolute Gasteiger partial charge is 0.253 e. The summed E-state index contributed by atoms with van der Waals surface area (Å²) in [6.07, 6.45) is 1.93. The second-order valence-corrected chi connectivity index (χ2v) is 10.0. The van der Waals surface area contributed by atoms with Gasteiger partial charge in [0.15, 0.2) is 5.82 Å². The number of likely N-dealkylation sites (tertiary alicyclic amines) is 1. The van der Waals surface area contributed by atoms with Crippen LogP contribution in [0.3, 0.4) is 0 Å². The van der Waals surface area contributed by atoms with Crippen LogP contribution >= 0.6 is 0 Å². The van der Waals surface area contributed by atoms with E-state index in [1.807, 2.05) is 30.1 Å². The lowest BCUT2D eigenvalue weighted by molar-refractivity contribution is 0.0709. The third kappa shape index (κ3) is 3.97. The van der Waals surface area contributed by atoms with Gasteiger partial charge in [-0.25, -0.2) is 4.98 Å². The lowest BCUT2D eigenvalue weighted by Crippen LogP contribution is -2.45. The van der Waals surface area contributed by atoms with Crippen molar-refractivity contribution in [1.82, 2.24) is 19.0 Å². The highest BCUT2D eigenvalue weighted by Crippen LogP contribution is 2.31. The van der Waals surface area contributed by atoms with Gasteiger partial charge in [-0.15, -0.1) is 0 Å². The molecule has 0 saturated carbocycles. The Labute approximate surface area is 211 Å². The first-order chi connectivity index (χ1) is 17.5. The highest BCUT2D eigenvalue weighted by atomic mass is 16.2. The minimum absolute atomic E-state index is 0.0349. The SMILES string of the molecule is Cc1ccc(Cn2c(-c3nc4cc(C(=O)N5CCC[C@@H](N)C5)ccc4n3C)cc3ccccc32)cc1. The van der Waals surface area contributed by atoms with Crippen LogP contribution in [0.15, 0.2) is 72.8 Å².